The summed E-state index contributed by atoms with van der Waals surface area (Å²) in [5.74, 6) is 0.696. The van der Waals surface area contributed by atoms with E-state index < -0.39 is 6.16 Å². The van der Waals surface area contributed by atoms with Gasteiger partial charge in [-0.1, -0.05) is 38.5 Å². The zero-order valence-corrected chi connectivity index (χ0v) is 8.00. The molecule has 0 atom stereocenters. The molecular formula is C10H18O3. The van der Waals surface area contributed by atoms with E-state index >= 15 is 0 Å². The summed E-state index contributed by atoms with van der Waals surface area (Å²) in [6, 6.07) is 0. The third-order valence-electron chi connectivity index (χ3n) is 2.73. The minimum absolute atomic E-state index is 0.375. The van der Waals surface area contributed by atoms with Crippen molar-refractivity contribution in [2.24, 2.45) is 5.92 Å². The van der Waals surface area contributed by atoms with Crippen LogP contribution in [0.2, 0.25) is 0 Å². The van der Waals surface area contributed by atoms with E-state index in [4.69, 9.17) is 5.11 Å². The number of carboxylic acid groups (broad SMARTS) is 1. The number of rotatable bonds is 3. The minimum atomic E-state index is -1.14. The standard InChI is InChI=1S/C10H18O3/c11-10(12)13-8-7-9-5-3-1-2-4-6-9/h9H,1-8H2,(H,11,12). The predicted molar refractivity (Wildman–Crippen MR) is 49.8 cm³/mol. The second-order valence-corrected chi connectivity index (χ2v) is 3.76. The van der Waals surface area contributed by atoms with E-state index in [0.717, 1.165) is 6.42 Å². The SMILES string of the molecule is O=C(O)OCCC1CCCCCC1. The van der Waals surface area contributed by atoms with E-state index in [9.17, 15) is 4.79 Å². The molecule has 0 aliphatic heterocycles. The second-order valence-electron chi connectivity index (χ2n) is 3.76. The van der Waals surface area contributed by atoms with Gasteiger partial charge in [-0.3, -0.25) is 0 Å². The highest BCUT2D eigenvalue weighted by molar-refractivity contribution is 5.56. The molecule has 1 aliphatic carbocycles. The summed E-state index contributed by atoms with van der Waals surface area (Å²) in [4.78, 5) is 10.1. The number of ether oxygens (including phenoxy) is 1. The lowest BCUT2D eigenvalue weighted by molar-refractivity contribution is 0.0854. The van der Waals surface area contributed by atoms with Crippen LogP contribution in [0.4, 0.5) is 4.79 Å². The highest BCUT2D eigenvalue weighted by Crippen LogP contribution is 2.25. The summed E-state index contributed by atoms with van der Waals surface area (Å²) in [7, 11) is 0. The van der Waals surface area contributed by atoms with Crippen LogP contribution in [0.25, 0.3) is 0 Å². The molecule has 0 amide bonds. The lowest BCUT2D eigenvalue weighted by atomic mass is 9.97. The van der Waals surface area contributed by atoms with Crippen LogP contribution >= 0.6 is 0 Å². The Hall–Kier alpha value is -0.730. The van der Waals surface area contributed by atoms with Gasteiger partial charge in [0, 0.05) is 0 Å². The molecule has 0 aromatic carbocycles. The first-order valence-electron chi connectivity index (χ1n) is 5.15. The highest BCUT2D eigenvalue weighted by Gasteiger charge is 2.12. The Bertz CT molecular complexity index is 148. The van der Waals surface area contributed by atoms with Crippen molar-refractivity contribution >= 4 is 6.16 Å². The van der Waals surface area contributed by atoms with Crippen LogP contribution in [0.3, 0.4) is 0 Å². The Balaban J connectivity index is 2.08. The summed E-state index contributed by atoms with van der Waals surface area (Å²) >= 11 is 0. The molecule has 0 heterocycles. The van der Waals surface area contributed by atoms with Crippen LogP contribution in [-0.4, -0.2) is 17.9 Å². The highest BCUT2D eigenvalue weighted by atomic mass is 16.7. The monoisotopic (exact) mass is 186 g/mol. The summed E-state index contributed by atoms with van der Waals surface area (Å²) < 4.78 is 4.50. The molecule has 1 saturated carbocycles. The lowest BCUT2D eigenvalue weighted by Gasteiger charge is -2.12. The Morgan fingerprint density at radius 1 is 1.23 bits per heavy atom. The van der Waals surface area contributed by atoms with Gasteiger partial charge >= 0.3 is 6.16 Å². The normalized spacial score (nSPS) is 19.4. The molecule has 0 aromatic rings. The minimum Gasteiger partial charge on any atom is -0.450 e. The van der Waals surface area contributed by atoms with Crippen molar-refractivity contribution < 1.29 is 14.6 Å². The van der Waals surface area contributed by atoms with Crippen LogP contribution in [0.15, 0.2) is 0 Å². The maximum atomic E-state index is 10.1. The summed E-state index contributed by atoms with van der Waals surface area (Å²) in [6.45, 7) is 0.375. The summed E-state index contributed by atoms with van der Waals surface area (Å²) in [5, 5.41) is 8.28. The zero-order chi connectivity index (χ0) is 9.52. The third-order valence-corrected chi connectivity index (χ3v) is 2.73. The van der Waals surface area contributed by atoms with Gasteiger partial charge in [0.15, 0.2) is 0 Å². The Kier molecular flexibility index (Phi) is 4.65. The average molecular weight is 186 g/mol. The molecule has 0 saturated heterocycles. The summed E-state index contributed by atoms with van der Waals surface area (Å²) in [6.07, 6.45) is 7.56. The predicted octanol–water partition coefficient (Wildman–Crippen LogP) is 3.04. The summed E-state index contributed by atoms with van der Waals surface area (Å²) in [5.41, 5.74) is 0. The molecule has 0 unspecified atom stereocenters. The maximum Gasteiger partial charge on any atom is 0.505 e. The molecule has 0 spiro atoms. The van der Waals surface area contributed by atoms with Gasteiger partial charge in [-0.2, -0.15) is 0 Å². The molecule has 3 nitrogen and oxygen atoms in total. The first kappa shape index (κ1) is 10.4. The third kappa shape index (κ3) is 4.76. The van der Waals surface area contributed by atoms with Crippen molar-refractivity contribution in [2.75, 3.05) is 6.61 Å². The molecular weight excluding hydrogens is 168 g/mol. The molecule has 0 radical (unpaired) electrons. The molecule has 1 N–H and O–H groups in total. The largest absolute Gasteiger partial charge is 0.505 e. The molecule has 13 heavy (non-hydrogen) atoms. The first-order valence-corrected chi connectivity index (χ1v) is 5.15. The van der Waals surface area contributed by atoms with Crippen molar-refractivity contribution in [1.29, 1.82) is 0 Å². The fraction of sp³-hybridized carbons (Fsp3) is 0.900. The van der Waals surface area contributed by atoms with Crippen molar-refractivity contribution in [1.82, 2.24) is 0 Å². The van der Waals surface area contributed by atoms with Gasteiger partial charge in [0.1, 0.15) is 0 Å². The lowest BCUT2D eigenvalue weighted by Crippen LogP contribution is -2.07. The van der Waals surface area contributed by atoms with Crippen molar-refractivity contribution in [3.05, 3.63) is 0 Å². The second kappa shape index (κ2) is 5.84. The molecule has 3 heteroatoms. The van der Waals surface area contributed by atoms with Crippen LogP contribution in [0.5, 0.6) is 0 Å². The molecule has 0 bridgehead atoms. The van der Waals surface area contributed by atoms with E-state index in [1.807, 2.05) is 0 Å². The van der Waals surface area contributed by atoms with E-state index in [1.165, 1.54) is 38.5 Å². The number of hydrogen-bond acceptors (Lipinski definition) is 2. The quantitative estimate of drug-likeness (QED) is 0.544. The molecule has 1 aliphatic rings. The number of hydrogen-bond donors (Lipinski definition) is 1. The Morgan fingerprint density at radius 2 is 1.85 bits per heavy atom. The van der Waals surface area contributed by atoms with Gasteiger partial charge in [-0.15, -0.1) is 0 Å². The van der Waals surface area contributed by atoms with Crippen molar-refractivity contribution in [3.63, 3.8) is 0 Å². The molecule has 1 fully saturated rings. The van der Waals surface area contributed by atoms with Gasteiger partial charge in [0.25, 0.3) is 0 Å². The van der Waals surface area contributed by atoms with Gasteiger partial charge in [0.05, 0.1) is 6.61 Å². The molecule has 1 rings (SSSR count). The van der Waals surface area contributed by atoms with Crippen LogP contribution in [-0.2, 0) is 4.74 Å². The van der Waals surface area contributed by atoms with Gasteiger partial charge < -0.3 is 9.84 Å². The van der Waals surface area contributed by atoms with Gasteiger partial charge in [-0.05, 0) is 12.3 Å². The van der Waals surface area contributed by atoms with Crippen LogP contribution in [0, 0.1) is 5.92 Å². The van der Waals surface area contributed by atoms with Crippen molar-refractivity contribution in [2.45, 2.75) is 44.9 Å². The van der Waals surface area contributed by atoms with E-state index in [-0.39, 0.29) is 0 Å². The molecule has 0 aromatic heterocycles. The van der Waals surface area contributed by atoms with Gasteiger partial charge in [-0.25, -0.2) is 4.79 Å². The Morgan fingerprint density at radius 3 is 2.38 bits per heavy atom. The van der Waals surface area contributed by atoms with Crippen LogP contribution < -0.4 is 0 Å². The van der Waals surface area contributed by atoms with E-state index in [1.54, 1.807) is 0 Å². The zero-order valence-electron chi connectivity index (χ0n) is 8.00. The van der Waals surface area contributed by atoms with Crippen LogP contribution in [0.1, 0.15) is 44.9 Å². The maximum absolute atomic E-state index is 10.1. The van der Waals surface area contributed by atoms with Gasteiger partial charge in [0.2, 0.25) is 0 Å². The Labute approximate surface area is 79.1 Å². The number of carbonyl (C=O) groups is 1. The van der Waals surface area contributed by atoms with E-state index in [2.05, 4.69) is 4.74 Å². The first-order chi connectivity index (χ1) is 6.29. The average Bonchev–Trinajstić information content (AvgIpc) is 2.32. The fourth-order valence-electron chi connectivity index (χ4n) is 1.97. The topological polar surface area (TPSA) is 46.5 Å². The van der Waals surface area contributed by atoms with E-state index in [0.29, 0.717) is 12.5 Å². The van der Waals surface area contributed by atoms with Crippen molar-refractivity contribution in [3.8, 4) is 0 Å². The smallest absolute Gasteiger partial charge is 0.450 e. The fourth-order valence-corrected chi connectivity index (χ4v) is 1.97. The molecule has 76 valence electrons.